The molecule has 18 heavy (non-hydrogen) atoms. The van der Waals surface area contributed by atoms with Crippen molar-refractivity contribution in [2.75, 3.05) is 0 Å². The average Bonchev–Trinajstić information content (AvgIpc) is 2.27. The van der Waals surface area contributed by atoms with Gasteiger partial charge in [-0.3, -0.25) is 0 Å². The topological polar surface area (TPSA) is 0 Å². The lowest BCUT2D eigenvalue weighted by Crippen LogP contribution is -2.57. The maximum Gasteiger partial charge on any atom is 0.0561 e. The van der Waals surface area contributed by atoms with E-state index in [1.807, 2.05) is 0 Å². The Labute approximate surface area is 118 Å². The first-order valence-electron chi connectivity index (χ1n) is 8.19. The molecule has 1 heterocycles. The van der Waals surface area contributed by atoms with E-state index in [2.05, 4.69) is 55.4 Å². The van der Waals surface area contributed by atoms with Crippen molar-refractivity contribution in [2.24, 2.45) is 0 Å². The van der Waals surface area contributed by atoms with Gasteiger partial charge >= 0.3 is 0 Å². The Kier molecular flexibility index (Phi) is 5.33. The highest BCUT2D eigenvalue weighted by atomic mass is 28.4. The Morgan fingerprint density at radius 1 is 0.556 bits per heavy atom. The van der Waals surface area contributed by atoms with Crippen LogP contribution in [0.4, 0.5) is 0 Å². The monoisotopic (exact) mass is 284 g/mol. The molecule has 0 aromatic rings. The van der Waals surface area contributed by atoms with Gasteiger partial charge in [-0.25, -0.2) is 0 Å². The number of rotatable bonds is 4. The largest absolute Gasteiger partial charge is 0.0652 e. The van der Waals surface area contributed by atoms with Gasteiger partial charge in [0.25, 0.3) is 0 Å². The van der Waals surface area contributed by atoms with Crippen molar-refractivity contribution < 1.29 is 0 Å². The molecule has 0 spiro atoms. The summed E-state index contributed by atoms with van der Waals surface area (Å²) in [5.74, 6) is 0. The zero-order chi connectivity index (χ0) is 14.1. The van der Waals surface area contributed by atoms with Gasteiger partial charge in [-0.15, -0.1) is 0 Å². The van der Waals surface area contributed by atoms with Crippen LogP contribution in [-0.4, -0.2) is 16.1 Å². The summed E-state index contributed by atoms with van der Waals surface area (Å²) in [5, 5.41) is 0. The minimum absolute atomic E-state index is 0.988. The first kappa shape index (κ1) is 16.5. The van der Waals surface area contributed by atoms with E-state index in [-0.39, 0.29) is 0 Å². The van der Waals surface area contributed by atoms with Gasteiger partial charge in [0.05, 0.1) is 16.1 Å². The van der Waals surface area contributed by atoms with Gasteiger partial charge in [0.1, 0.15) is 0 Å². The van der Waals surface area contributed by atoms with Crippen LogP contribution in [-0.2, 0) is 0 Å². The second-order valence-corrected chi connectivity index (χ2v) is 20.1. The van der Waals surface area contributed by atoms with E-state index < -0.39 is 16.1 Å². The van der Waals surface area contributed by atoms with Crippen molar-refractivity contribution in [3.63, 3.8) is 0 Å². The van der Waals surface area contributed by atoms with Crippen LogP contribution >= 0.6 is 0 Å². The number of hydrogen-bond donors (Lipinski definition) is 0. The summed E-state index contributed by atoms with van der Waals surface area (Å²) in [6.45, 7) is 20.3. The fourth-order valence-electron chi connectivity index (χ4n) is 4.84. The van der Waals surface area contributed by atoms with Gasteiger partial charge < -0.3 is 0 Å². The normalized spacial score (nSPS) is 23.3. The Balaban J connectivity index is 3.13. The molecule has 0 amide bonds. The summed E-state index contributed by atoms with van der Waals surface area (Å²) >= 11 is 0. The van der Waals surface area contributed by atoms with Crippen molar-refractivity contribution in [1.29, 1.82) is 0 Å². The lowest BCUT2D eigenvalue weighted by atomic mass is 10.5. The molecule has 0 aliphatic carbocycles. The summed E-state index contributed by atoms with van der Waals surface area (Å²) in [5.41, 5.74) is 5.68. The molecule has 108 valence electrons. The van der Waals surface area contributed by atoms with Gasteiger partial charge in [-0.1, -0.05) is 102 Å². The third-order valence-corrected chi connectivity index (χ3v) is 23.6. The fourth-order valence-corrected chi connectivity index (χ4v) is 24.7. The molecule has 0 aromatic heterocycles. The van der Waals surface area contributed by atoms with E-state index >= 15 is 0 Å². The highest BCUT2D eigenvalue weighted by molar-refractivity contribution is 7.00. The minimum Gasteiger partial charge on any atom is -0.0652 e. The SMILES string of the molecule is CC(C)[Si]1(C(C)C)CCC[Si](C(C)C)(C(C)C)C1. The first-order valence-corrected chi connectivity index (χ1v) is 13.3. The van der Waals surface area contributed by atoms with Crippen LogP contribution < -0.4 is 0 Å². The maximum absolute atomic E-state index is 2.54. The Morgan fingerprint density at radius 3 is 1.06 bits per heavy atom. The van der Waals surface area contributed by atoms with Crippen LogP contribution in [0.25, 0.3) is 0 Å². The van der Waals surface area contributed by atoms with Crippen LogP contribution in [0.3, 0.4) is 0 Å². The van der Waals surface area contributed by atoms with Gasteiger partial charge in [0.15, 0.2) is 0 Å². The predicted octanol–water partition coefficient (Wildman–Crippen LogP) is 6.47. The van der Waals surface area contributed by atoms with Gasteiger partial charge in [-0.2, -0.15) is 0 Å². The van der Waals surface area contributed by atoms with Gasteiger partial charge in [0, 0.05) is 0 Å². The molecular formula is C16H36Si2. The summed E-state index contributed by atoms with van der Waals surface area (Å²) in [6.07, 6.45) is 1.56. The van der Waals surface area contributed by atoms with Crippen LogP contribution in [0.2, 0.25) is 39.9 Å². The molecule has 0 unspecified atom stereocenters. The summed E-state index contributed by atoms with van der Waals surface area (Å²) in [4.78, 5) is 0. The Bertz CT molecular complexity index is 224. The highest BCUT2D eigenvalue weighted by Crippen LogP contribution is 2.54. The molecule has 0 aromatic carbocycles. The molecule has 0 radical (unpaired) electrons. The highest BCUT2D eigenvalue weighted by Gasteiger charge is 2.52. The summed E-state index contributed by atoms with van der Waals surface area (Å²) in [7, 11) is -2.07. The fraction of sp³-hybridized carbons (Fsp3) is 1.00. The first-order chi connectivity index (χ1) is 8.19. The molecule has 1 rings (SSSR count). The Morgan fingerprint density at radius 2 is 0.833 bits per heavy atom. The molecule has 2 heteroatoms. The molecule has 0 nitrogen and oxygen atoms in total. The zero-order valence-electron chi connectivity index (χ0n) is 14.1. The lowest BCUT2D eigenvalue weighted by molar-refractivity contribution is 0.775. The smallest absolute Gasteiger partial charge is 0.0561 e. The second kappa shape index (κ2) is 5.82. The van der Waals surface area contributed by atoms with E-state index in [4.69, 9.17) is 0 Å². The molecule has 0 bridgehead atoms. The van der Waals surface area contributed by atoms with E-state index in [1.165, 1.54) is 0 Å². The van der Waals surface area contributed by atoms with Crippen molar-refractivity contribution in [3.8, 4) is 0 Å². The standard InChI is InChI=1S/C16H36Si2/c1-13(2)17(14(3)4)10-9-11-18(12-17,15(5)6)16(7)8/h13-16H,9-12H2,1-8H3. The van der Waals surface area contributed by atoms with Crippen LogP contribution in [0.5, 0.6) is 0 Å². The van der Waals surface area contributed by atoms with Crippen molar-refractivity contribution in [2.45, 2.75) is 102 Å². The van der Waals surface area contributed by atoms with Crippen molar-refractivity contribution in [3.05, 3.63) is 0 Å². The zero-order valence-corrected chi connectivity index (χ0v) is 16.1. The second-order valence-electron chi connectivity index (χ2n) is 8.12. The average molecular weight is 285 g/mol. The van der Waals surface area contributed by atoms with Crippen LogP contribution in [0.15, 0.2) is 0 Å². The van der Waals surface area contributed by atoms with Gasteiger partial charge in [0.2, 0.25) is 0 Å². The molecule has 1 saturated heterocycles. The van der Waals surface area contributed by atoms with E-state index in [1.54, 1.807) is 24.2 Å². The van der Waals surface area contributed by atoms with Crippen LogP contribution in [0, 0.1) is 0 Å². The minimum atomic E-state index is -1.04. The van der Waals surface area contributed by atoms with Crippen molar-refractivity contribution in [1.82, 2.24) is 0 Å². The molecule has 0 N–H and O–H groups in total. The van der Waals surface area contributed by atoms with Crippen molar-refractivity contribution >= 4 is 16.1 Å². The lowest BCUT2D eigenvalue weighted by Gasteiger charge is -2.54. The summed E-state index contributed by atoms with van der Waals surface area (Å²) < 4.78 is 0. The van der Waals surface area contributed by atoms with Crippen LogP contribution in [0.1, 0.15) is 61.8 Å². The van der Waals surface area contributed by atoms with E-state index in [0.717, 1.165) is 22.2 Å². The quantitative estimate of drug-likeness (QED) is 0.519. The molecule has 0 atom stereocenters. The molecule has 1 aliphatic rings. The molecular weight excluding hydrogens is 248 g/mol. The molecule has 1 fully saturated rings. The van der Waals surface area contributed by atoms with Gasteiger partial charge in [-0.05, 0) is 0 Å². The number of hydrogen-bond acceptors (Lipinski definition) is 0. The third-order valence-electron chi connectivity index (χ3n) is 6.54. The van der Waals surface area contributed by atoms with E-state index in [9.17, 15) is 0 Å². The summed E-state index contributed by atoms with van der Waals surface area (Å²) in [6, 6.07) is 3.24. The third kappa shape index (κ3) is 2.65. The Hall–Kier alpha value is 0.434. The predicted molar refractivity (Wildman–Crippen MR) is 90.9 cm³/mol. The van der Waals surface area contributed by atoms with E-state index in [0.29, 0.717) is 0 Å². The molecule has 1 aliphatic heterocycles. The maximum atomic E-state index is 2.54. The molecule has 0 saturated carbocycles.